The van der Waals surface area contributed by atoms with Crippen LogP contribution in [0, 0.1) is 0 Å². The van der Waals surface area contributed by atoms with Gasteiger partial charge >= 0.3 is 0 Å². The maximum atomic E-state index is 11.5. The Morgan fingerprint density at radius 3 is 2.47 bits per heavy atom. The average molecular weight is 206 g/mol. The van der Waals surface area contributed by atoms with Crippen LogP contribution in [-0.4, -0.2) is 17.2 Å². The zero-order valence-electron chi connectivity index (χ0n) is 8.48. The predicted octanol–water partition coefficient (Wildman–Crippen LogP) is 2.33. The summed E-state index contributed by atoms with van der Waals surface area (Å²) in [5.41, 5.74) is 0.610. The second-order valence-corrected chi connectivity index (χ2v) is 3.38. The minimum Gasteiger partial charge on any atom is -0.508 e. The molecule has 0 aromatic heterocycles. The third-order valence-corrected chi connectivity index (χ3v) is 2.17. The molecule has 0 fully saturated rings. The molecule has 3 heteroatoms. The Labute approximate surface area is 88.7 Å². The fourth-order valence-electron chi connectivity index (χ4n) is 1.30. The number of hydrogen-bond donors (Lipinski definition) is 1. The molecule has 0 saturated heterocycles. The average Bonchev–Trinajstić information content (AvgIpc) is 2.25. The predicted molar refractivity (Wildman–Crippen MR) is 57.0 cm³/mol. The van der Waals surface area contributed by atoms with Crippen molar-refractivity contribution in [2.45, 2.75) is 25.7 Å². The Kier molecular flexibility index (Phi) is 4.54. The molecular formula is C12H14O3. The van der Waals surface area contributed by atoms with E-state index in [2.05, 4.69) is 0 Å². The first kappa shape index (κ1) is 11.4. The van der Waals surface area contributed by atoms with Gasteiger partial charge in [-0.1, -0.05) is 0 Å². The molecular weight excluding hydrogens is 192 g/mol. The molecule has 1 aromatic rings. The zero-order valence-corrected chi connectivity index (χ0v) is 8.48. The Balaban J connectivity index is 2.40. The van der Waals surface area contributed by atoms with E-state index in [0.717, 1.165) is 19.1 Å². The summed E-state index contributed by atoms with van der Waals surface area (Å²) < 4.78 is 0. The Bertz CT molecular complexity index is 327. The first-order valence-corrected chi connectivity index (χ1v) is 5.00. The summed E-state index contributed by atoms with van der Waals surface area (Å²) in [4.78, 5) is 21.6. The number of aromatic hydroxyl groups is 1. The fourth-order valence-corrected chi connectivity index (χ4v) is 1.30. The number of phenols is 1. The molecule has 1 rings (SSSR count). The van der Waals surface area contributed by atoms with E-state index in [1.165, 1.54) is 12.1 Å². The van der Waals surface area contributed by atoms with Crippen molar-refractivity contribution in [3.8, 4) is 5.75 Å². The van der Waals surface area contributed by atoms with Crippen molar-refractivity contribution in [3.63, 3.8) is 0 Å². The zero-order chi connectivity index (χ0) is 11.1. The van der Waals surface area contributed by atoms with Crippen LogP contribution in [0.4, 0.5) is 0 Å². The summed E-state index contributed by atoms with van der Waals surface area (Å²) in [7, 11) is 0. The van der Waals surface area contributed by atoms with Crippen LogP contribution in [0.3, 0.4) is 0 Å². The van der Waals surface area contributed by atoms with E-state index < -0.39 is 0 Å². The SMILES string of the molecule is O=CCCCCC(=O)c1ccc(O)cc1. The summed E-state index contributed by atoms with van der Waals surface area (Å²) in [5, 5.41) is 9.03. The van der Waals surface area contributed by atoms with E-state index >= 15 is 0 Å². The normalized spacial score (nSPS) is 9.87. The van der Waals surface area contributed by atoms with E-state index in [9.17, 15) is 9.59 Å². The molecule has 0 heterocycles. The first-order valence-electron chi connectivity index (χ1n) is 5.00. The monoisotopic (exact) mass is 206 g/mol. The number of unbranched alkanes of at least 4 members (excludes halogenated alkanes) is 2. The van der Waals surface area contributed by atoms with Crippen LogP contribution in [0.5, 0.6) is 5.75 Å². The number of Topliss-reactive ketones (excluding diaryl/α,β-unsaturated/α-hetero) is 1. The van der Waals surface area contributed by atoms with Crippen LogP contribution in [-0.2, 0) is 4.79 Å². The number of rotatable bonds is 6. The lowest BCUT2D eigenvalue weighted by Crippen LogP contribution is -1.98. The number of aldehydes is 1. The molecule has 0 unspecified atom stereocenters. The van der Waals surface area contributed by atoms with Gasteiger partial charge in [0.25, 0.3) is 0 Å². The molecule has 0 aliphatic rings. The van der Waals surface area contributed by atoms with E-state index in [1.54, 1.807) is 12.1 Å². The van der Waals surface area contributed by atoms with Gasteiger partial charge in [0, 0.05) is 18.4 Å². The lowest BCUT2D eigenvalue weighted by Gasteiger charge is -2.00. The summed E-state index contributed by atoms with van der Waals surface area (Å²) in [5.74, 6) is 0.216. The summed E-state index contributed by atoms with van der Waals surface area (Å²) >= 11 is 0. The summed E-state index contributed by atoms with van der Waals surface area (Å²) in [6.45, 7) is 0. The molecule has 0 radical (unpaired) electrons. The highest BCUT2D eigenvalue weighted by molar-refractivity contribution is 5.96. The van der Waals surface area contributed by atoms with E-state index in [0.29, 0.717) is 18.4 Å². The molecule has 0 aliphatic heterocycles. The molecule has 0 saturated carbocycles. The van der Waals surface area contributed by atoms with Gasteiger partial charge in [0.05, 0.1) is 0 Å². The number of hydrogen-bond acceptors (Lipinski definition) is 3. The quantitative estimate of drug-likeness (QED) is 0.441. The van der Waals surface area contributed by atoms with Gasteiger partial charge in [-0.15, -0.1) is 0 Å². The molecule has 0 aliphatic carbocycles. The number of carbonyl (C=O) groups excluding carboxylic acids is 2. The Morgan fingerprint density at radius 2 is 1.87 bits per heavy atom. The molecule has 0 atom stereocenters. The van der Waals surface area contributed by atoms with Gasteiger partial charge in [-0.3, -0.25) is 4.79 Å². The smallest absolute Gasteiger partial charge is 0.162 e. The molecule has 0 bridgehead atoms. The van der Waals surface area contributed by atoms with Gasteiger partial charge < -0.3 is 9.90 Å². The topological polar surface area (TPSA) is 54.4 Å². The largest absolute Gasteiger partial charge is 0.508 e. The van der Waals surface area contributed by atoms with Gasteiger partial charge in [-0.2, -0.15) is 0 Å². The maximum Gasteiger partial charge on any atom is 0.162 e. The van der Waals surface area contributed by atoms with Crippen molar-refractivity contribution in [1.29, 1.82) is 0 Å². The standard InChI is InChI=1S/C12H14O3/c13-9-3-1-2-4-12(15)10-5-7-11(14)8-6-10/h5-9,14H,1-4H2. The van der Waals surface area contributed by atoms with Gasteiger partial charge in [-0.25, -0.2) is 0 Å². The molecule has 0 spiro atoms. The number of benzene rings is 1. The van der Waals surface area contributed by atoms with Crippen molar-refractivity contribution in [2.24, 2.45) is 0 Å². The first-order chi connectivity index (χ1) is 7.24. The van der Waals surface area contributed by atoms with Gasteiger partial charge in [-0.05, 0) is 37.1 Å². The van der Waals surface area contributed by atoms with Crippen molar-refractivity contribution < 1.29 is 14.7 Å². The minimum atomic E-state index is 0.0564. The fraction of sp³-hybridized carbons (Fsp3) is 0.333. The highest BCUT2D eigenvalue weighted by atomic mass is 16.3. The third kappa shape index (κ3) is 3.94. The van der Waals surface area contributed by atoms with Crippen molar-refractivity contribution in [2.75, 3.05) is 0 Å². The van der Waals surface area contributed by atoms with Crippen LogP contribution >= 0.6 is 0 Å². The summed E-state index contributed by atoms with van der Waals surface area (Å²) in [6, 6.07) is 6.21. The van der Waals surface area contributed by atoms with Gasteiger partial charge in [0.2, 0.25) is 0 Å². The van der Waals surface area contributed by atoms with Crippen LogP contribution in [0.2, 0.25) is 0 Å². The highest BCUT2D eigenvalue weighted by Gasteiger charge is 2.04. The molecule has 0 amide bonds. The number of phenolic OH excluding ortho intramolecular Hbond substituents is 1. The molecule has 1 N–H and O–H groups in total. The van der Waals surface area contributed by atoms with Crippen molar-refractivity contribution in [3.05, 3.63) is 29.8 Å². The Morgan fingerprint density at radius 1 is 1.20 bits per heavy atom. The molecule has 3 nitrogen and oxygen atoms in total. The van der Waals surface area contributed by atoms with Gasteiger partial charge in [0.1, 0.15) is 12.0 Å². The van der Waals surface area contributed by atoms with E-state index in [1.807, 2.05) is 0 Å². The molecule has 15 heavy (non-hydrogen) atoms. The van der Waals surface area contributed by atoms with Crippen LogP contribution < -0.4 is 0 Å². The van der Waals surface area contributed by atoms with Crippen LogP contribution in [0.25, 0.3) is 0 Å². The highest BCUT2D eigenvalue weighted by Crippen LogP contribution is 2.12. The second kappa shape index (κ2) is 5.96. The lowest BCUT2D eigenvalue weighted by molar-refractivity contribution is -0.107. The van der Waals surface area contributed by atoms with E-state index in [-0.39, 0.29) is 11.5 Å². The maximum absolute atomic E-state index is 11.5. The minimum absolute atomic E-state index is 0.0564. The van der Waals surface area contributed by atoms with Crippen LogP contribution in [0.15, 0.2) is 24.3 Å². The van der Waals surface area contributed by atoms with Crippen LogP contribution in [0.1, 0.15) is 36.0 Å². The van der Waals surface area contributed by atoms with E-state index in [4.69, 9.17) is 5.11 Å². The molecule has 80 valence electrons. The third-order valence-electron chi connectivity index (χ3n) is 2.17. The van der Waals surface area contributed by atoms with Gasteiger partial charge in [0.15, 0.2) is 5.78 Å². The number of carbonyl (C=O) groups is 2. The lowest BCUT2D eigenvalue weighted by atomic mass is 10.0. The summed E-state index contributed by atoms with van der Waals surface area (Å²) in [6.07, 6.45) is 3.33. The van der Waals surface area contributed by atoms with Crippen molar-refractivity contribution >= 4 is 12.1 Å². The Hall–Kier alpha value is -1.64. The second-order valence-electron chi connectivity index (χ2n) is 3.38. The number of ketones is 1. The molecule has 1 aromatic carbocycles. The van der Waals surface area contributed by atoms with Crippen molar-refractivity contribution in [1.82, 2.24) is 0 Å².